The van der Waals surface area contributed by atoms with Crippen LogP contribution in [0.5, 0.6) is 0 Å². The van der Waals surface area contributed by atoms with E-state index in [0.29, 0.717) is 11.3 Å². The summed E-state index contributed by atoms with van der Waals surface area (Å²) in [7, 11) is 0. The lowest BCUT2D eigenvalue weighted by Gasteiger charge is -2.34. The molecule has 2 heterocycles. The average Bonchev–Trinajstić information content (AvgIpc) is 3.32. The number of carbonyl (C=O) groups is 1. The van der Waals surface area contributed by atoms with E-state index in [2.05, 4.69) is 15.1 Å². The summed E-state index contributed by atoms with van der Waals surface area (Å²) >= 11 is 0. The lowest BCUT2D eigenvalue weighted by atomic mass is 10.1. The van der Waals surface area contributed by atoms with Gasteiger partial charge in [0.25, 0.3) is 5.91 Å². The molecule has 0 radical (unpaired) electrons. The highest BCUT2D eigenvalue weighted by atomic mass is 19.1. The van der Waals surface area contributed by atoms with Crippen molar-refractivity contribution < 1.29 is 9.18 Å². The van der Waals surface area contributed by atoms with Crippen molar-refractivity contribution in [1.29, 1.82) is 0 Å². The lowest BCUT2D eigenvalue weighted by molar-refractivity contribution is 0.0628. The lowest BCUT2D eigenvalue weighted by Crippen LogP contribution is -2.49. The largest absolute Gasteiger partial charge is 0.336 e. The normalized spacial score (nSPS) is 19.1. The third kappa shape index (κ3) is 2.86. The number of hydrogen-bond donors (Lipinski definition) is 1. The maximum atomic E-state index is 13.1. The van der Waals surface area contributed by atoms with Gasteiger partial charge < -0.3 is 4.90 Å². The van der Waals surface area contributed by atoms with E-state index in [4.69, 9.17) is 0 Å². The van der Waals surface area contributed by atoms with E-state index in [9.17, 15) is 9.18 Å². The molecule has 2 aromatic rings. The number of carbonyl (C=O) groups excluding carboxylic acids is 1. The Morgan fingerprint density at radius 1 is 1.13 bits per heavy atom. The van der Waals surface area contributed by atoms with Crippen molar-refractivity contribution in [2.45, 2.75) is 18.9 Å². The Bertz CT molecular complexity index is 700. The molecule has 1 amide bonds. The second kappa shape index (κ2) is 5.77. The second-order valence-corrected chi connectivity index (χ2v) is 6.22. The molecule has 4 rings (SSSR count). The van der Waals surface area contributed by atoms with Gasteiger partial charge in [0.2, 0.25) is 0 Å². The molecule has 2 aliphatic rings. The maximum Gasteiger partial charge on any atom is 0.257 e. The molecule has 1 saturated carbocycles. The number of amides is 1. The number of halogens is 1. The first-order chi connectivity index (χ1) is 11.2. The fraction of sp³-hybridized carbons (Fsp3) is 0.412. The van der Waals surface area contributed by atoms with E-state index in [1.165, 1.54) is 25.0 Å². The highest BCUT2D eigenvalue weighted by Gasteiger charge is 2.33. The Hall–Kier alpha value is -2.21. The molecule has 5 nitrogen and oxygen atoms in total. The summed E-state index contributed by atoms with van der Waals surface area (Å²) in [5.41, 5.74) is 1.97. The quantitative estimate of drug-likeness (QED) is 0.944. The Morgan fingerprint density at radius 3 is 2.48 bits per heavy atom. The first kappa shape index (κ1) is 14.4. The summed E-state index contributed by atoms with van der Waals surface area (Å²) in [5.74, 6) is -0.300. The van der Waals surface area contributed by atoms with E-state index < -0.39 is 0 Å². The number of benzene rings is 1. The molecule has 0 bridgehead atoms. The number of aromatic amines is 1. The van der Waals surface area contributed by atoms with Crippen molar-refractivity contribution >= 4 is 5.91 Å². The summed E-state index contributed by atoms with van der Waals surface area (Å²) < 4.78 is 13.1. The summed E-state index contributed by atoms with van der Waals surface area (Å²) in [6.07, 6.45) is 4.16. The zero-order valence-electron chi connectivity index (χ0n) is 12.8. The van der Waals surface area contributed by atoms with Crippen LogP contribution in [0.25, 0.3) is 11.3 Å². The first-order valence-electron chi connectivity index (χ1n) is 8.05. The minimum atomic E-state index is -0.294. The second-order valence-electron chi connectivity index (χ2n) is 6.22. The standard InChI is InChI=1S/C17H19FN4O/c18-13-3-1-12(2-4-13)16-15(11-19-20-16)17(23)22-9-7-21(8-10-22)14-5-6-14/h1-4,11,14H,5-10H2,(H,19,20). The molecular weight excluding hydrogens is 295 g/mol. The highest BCUT2D eigenvalue weighted by Crippen LogP contribution is 2.28. The van der Waals surface area contributed by atoms with Crippen molar-refractivity contribution in [1.82, 2.24) is 20.0 Å². The molecule has 2 fully saturated rings. The van der Waals surface area contributed by atoms with E-state index in [0.717, 1.165) is 37.8 Å². The van der Waals surface area contributed by atoms with Crippen molar-refractivity contribution in [3.63, 3.8) is 0 Å². The Labute approximate surface area is 134 Å². The Balaban J connectivity index is 1.51. The Morgan fingerprint density at radius 2 is 1.83 bits per heavy atom. The minimum absolute atomic E-state index is 0.00600. The van der Waals surface area contributed by atoms with E-state index in [1.54, 1.807) is 18.3 Å². The average molecular weight is 314 g/mol. The molecule has 1 aromatic heterocycles. The van der Waals surface area contributed by atoms with Crippen LogP contribution in [0, 0.1) is 5.82 Å². The number of nitrogens with zero attached hydrogens (tertiary/aromatic N) is 3. The van der Waals surface area contributed by atoms with Crippen molar-refractivity contribution in [3.05, 3.63) is 41.8 Å². The zero-order chi connectivity index (χ0) is 15.8. The van der Waals surface area contributed by atoms with Gasteiger partial charge in [-0.15, -0.1) is 0 Å². The summed E-state index contributed by atoms with van der Waals surface area (Å²) in [4.78, 5) is 17.1. The van der Waals surface area contributed by atoms with Crippen molar-refractivity contribution in [3.8, 4) is 11.3 Å². The molecule has 120 valence electrons. The predicted octanol–water partition coefficient (Wildman–Crippen LogP) is 2.14. The molecular formula is C17H19FN4O. The third-order valence-electron chi connectivity index (χ3n) is 4.67. The minimum Gasteiger partial charge on any atom is -0.336 e. The van der Waals surface area contributed by atoms with Gasteiger partial charge in [-0.3, -0.25) is 14.8 Å². The van der Waals surface area contributed by atoms with Gasteiger partial charge in [0, 0.05) is 37.8 Å². The van der Waals surface area contributed by atoms with E-state index >= 15 is 0 Å². The monoisotopic (exact) mass is 314 g/mol. The first-order valence-corrected chi connectivity index (χ1v) is 8.05. The van der Waals surface area contributed by atoms with Gasteiger partial charge in [-0.1, -0.05) is 0 Å². The Kier molecular flexibility index (Phi) is 3.61. The predicted molar refractivity (Wildman–Crippen MR) is 84.5 cm³/mol. The maximum absolute atomic E-state index is 13.1. The van der Waals surface area contributed by atoms with Gasteiger partial charge in [-0.2, -0.15) is 5.10 Å². The molecule has 1 N–H and O–H groups in total. The van der Waals surface area contributed by atoms with Crippen LogP contribution in [0.4, 0.5) is 4.39 Å². The molecule has 0 unspecified atom stereocenters. The van der Waals surface area contributed by atoms with Crippen LogP contribution in [0.3, 0.4) is 0 Å². The number of H-pyrrole nitrogens is 1. The van der Waals surface area contributed by atoms with Crippen molar-refractivity contribution in [2.75, 3.05) is 26.2 Å². The fourth-order valence-corrected chi connectivity index (χ4v) is 3.19. The van der Waals surface area contributed by atoms with Crippen LogP contribution in [0.2, 0.25) is 0 Å². The highest BCUT2D eigenvalue weighted by molar-refractivity contribution is 5.99. The number of aromatic nitrogens is 2. The van der Waals surface area contributed by atoms with Crippen LogP contribution >= 0.6 is 0 Å². The van der Waals surface area contributed by atoms with Crippen LogP contribution < -0.4 is 0 Å². The smallest absolute Gasteiger partial charge is 0.257 e. The molecule has 1 aromatic carbocycles. The molecule has 1 saturated heterocycles. The summed E-state index contributed by atoms with van der Waals surface area (Å²) in [6, 6.07) is 6.84. The molecule has 6 heteroatoms. The number of piperazine rings is 1. The molecule has 0 atom stereocenters. The van der Waals surface area contributed by atoms with Crippen LogP contribution in [-0.2, 0) is 0 Å². The molecule has 23 heavy (non-hydrogen) atoms. The molecule has 0 spiro atoms. The van der Waals surface area contributed by atoms with Gasteiger partial charge in [0.05, 0.1) is 17.5 Å². The van der Waals surface area contributed by atoms with Crippen molar-refractivity contribution in [2.24, 2.45) is 0 Å². The molecule has 1 aliphatic carbocycles. The zero-order valence-corrected chi connectivity index (χ0v) is 12.8. The van der Waals surface area contributed by atoms with Crippen LogP contribution in [0.1, 0.15) is 23.2 Å². The SMILES string of the molecule is O=C(c1cn[nH]c1-c1ccc(F)cc1)N1CCN(C2CC2)CC1. The van der Waals surface area contributed by atoms with E-state index in [1.807, 2.05) is 4.90 Å². The fourth-order valence-electron chi connectivity index (χ4n) is 3.19. The summed E-state index contributed by atoms with van der Waals surface area (Å²) in [6.45, 7) is 3.40. The van der Waals surface area contributed by atoms with Gasteiger partial charge in [0.15, 0.2) is 0 Å². The van der Waals surface area contributed by atoms with Gasteiger partial charge in [-0.05, 0) is 37.1 Å². The molecule has 1 aliphatic heterocycles. The van der Waals surface area contributed by atoms with Gasteiger partial charge in [0.1, 0.15) is 5.82 Å². The summed E-state index contributed by atoms with van der Waals surface area (Å²) in [5, 5.41) is 6.88. The number of rotatable bonds is 3. The van der Waals surface area contributed by atoms with Crippen LogP contribution in [-0.4, -0.2) is 58.1 Å². The van der Waals surface area contributed by atoms with Gasteiger partial charge >= 0.3 is 0 Å². The number of hydrogen-bond acceptors (Lipinski definition) is 3. The number of nitrogens with one attached hydrogen (secondary N) is 1. The topological polar surface area (TPSA) is 52.2 Å². The van der Waals surface area contributed by atoms with E-state index in [-0.39, 0.29) is 11.7 Å². The van der Waals surface area contributed by atoms with Gasteiger partial charge in [-0.25, -0.2) is 4.39 Å². The van der Waals surface area contributed by atoms with Crippen LogP contribution in [0.15, 0.2) is 30.5 Å². The third-order valence-corrected chi connectivity index (χ3v) is 4.67.